The monoisotopic (exact) mass is 389 g/mol. The van der Waals surface area contributed by atoms with Crippen molar-refractivity contribution in [1.29, 1.82) is 0 Å². The summed E-state index contributed by atoms with van der Waals surface area (Å²) in [6.45, 7) is 4.22. The molecule has 3 aromatic rings. The van der Waals surface area contributed by atoms with Gasteiger partial charge in [0.1, 0.15) is 5.75 Å². The van der Waals surface area contributed by atoms with E-state index in [2.05, 4.69) is 15.6 Å². The van der Waals surface area contributed by atoms with E-state index in [1.165, 1.54) is 11.8 Å². The first-order valence-corrected chi connectivity index (χ1v) is 9.29. The normalized spacial score (nSPS) is 10.3. The summed E-state index contributed by atoms with van der Waals surface area (Å²) >= 11 is 0. The van der Waals surface area contributed by atoms with Crippen molar-refractivity contribution in [3.05, 3.63) is 89.2 Å². The number of hydrogen-bond acceptors (Lipinski definition) is 4. The lowest BCUT2D eigenvalue weighted by Crippen LogP contribution is -2.29. The van der Waals surface area contributed by atoms with Crippen molar-refractivity contribution in [3.63, 3.8) is 0 Å². The number of nitrogens with one attached hydrogen (secondary N) is 2. The van der Waals surface area contributed by atoms with Crippen molar-refractivity contribution in [2.45, 2.75) is 20.4 Å². The van der Waals surface area contributed by atoms with Gasteiger partial charge in [0.2, 0.25) is 0 Å². The third-order valence-electron chi connectivity index (χ3n) is 4.51. The zero-order valence-corrected chi connectivity index (χ0v) is 16.4. The number of hydrogen-bond donors (Lipinski definition) is 2. The number of para-hydroxylation sites is 1. The molecule has 148 valence electrons. The predicted octanol–water partition coefficient (Wildman–Crippen LogP) is 3.65. The molecule has 0 aliphatic rings. The summed E-state index contributed by atoms with van der Waals surface area (Å²) in [5.74, 6) is 0.166. The van der Waals surface area contributed by atoms with E-state index in [9.17, 15) is 9.59 Å². The zero-order valence-electron chi connectivity index (χ0n) is 16.4. The highest BCUT2D eigenvalue weighted by Gasteiger charge is 2.10. The molecule has 0 fully saturated rings. The zero-order chi connectivity index (χ0) is 20.6. The van der Waals surface area contributed by atoms with Gasteiger partial charge in [-0.3, -0.25) is 14.6 Å². The van der Waals surface area contributed by atoms with Crippen LogP contribution in [0.4, 0.5) is 5.69 Å². The van der Waals surface area contributed by atoms with Crippen LogP contribution in [-0.4, -0.2) is 23.4 Å². The van der Waals surface area contributed by atoms with Crippen LogP contribution in [-0.2, 0) is 11.3 Å². The molecule has 1 aromatic heterocycles. The number of carbonyl (C=O) groups excluding carboxylic acids is 2. The van der Waals surface area contributed by atoms with E-state index in [1.54, 1.807) is 24.4 Å². The van der Waals surface area contributed by atoms with Gasteiger partial charge in [-0.25, -0.2) is 0 Å². The molecule has 2 aromatic carbocycles. The molecule has 2 amide bonds. The molecule has 3 rings (SSSR count). The highest BCUT2D eigenvalue weighted by molar-refractivity contribution is 6.04. The van der Waals surface area contributed by atoms with Crippen LogP contribution in [0.25, 0.3) is 0 Å². The van der Waals surface area contributed by atoms with Crippen LogP contribution in [0.15, 0.2) is 67.0 Å². The van der Waals surface area contributed by atoms with Gasteiger partial charge in [-0.1, -0.05) is 24.3 Å². The maximum Gasteiger partial charge on any atom is 0.258 e. The van der Waals surface area contributed by atoms with E-state index in [4.69, 9.17) is 4.74 Å². The molecule has 0 aliphatic carbocycles. The minimum absolute atomic E-state index is 0.0767. The summed E-state index contributed by atoms with van der Waals surface area (Å²) in [5.41, 5.74) is 4.18. The molecule has 0 saturated carbocycles. The largest absolute Gasteiger partial charge is 0.484 e. The van der Waals surface area contributed by atoms with Gasteiger partial charge in [0, 0.05) is 24.6 Å². The molecule has 29 heavy (non-hydrogen) atoms. The van der Waals surface area contributed by atoms with Crippen molar-refractivity contribution in [2.24, 2.45) is 0 Å². The molecule has 2 N–H and O–H groups in total. The first-order valence-electron chi connectivity index (χ1n) is 9.29. The molecule has 0 spiro atoms. The maximum absolute atomic E-state index is 12.4. The summed E-state index contributed by atoms with van der Waals surface area (Å²) in [4.78, 5) is 28.5. The fourth-order valence-electron chi connectivity index (χ4n) is 2.69. The van der Waals surface area contributed by atoms with Crippen LogP contribution < -0.4 is 15.4 Å². The molecular formula is C23H23N3O3. The summed E-state index contributed by atoms with van der Waals surface area (Å²) in [6.07, 6.45) is 3.12. The fraction of sp³-hybridized carbons (Fsp3) is 0.174. The summed E-state index contributed by atoms with van der Waals surface area (Å²) < 4.78 is 5.56. The molecule has 6 nitrogen and oxygen atoms in total. The van der Waals surface area contributed by atoms with Crippen LogP contribution in [0.1, 0.15) is 27.0 Å². The molecule has 0 unspecified atom stereocenters. The molecule has 0 saturated heterocycles. The fourth-order valence-corrected chi connectivity index (χ4v) is 2.69. The lowest BCUT2D eigenvalue weighted by molar-refractivity contribution is -0.123. The number of nitrogens with zero attached hydrogens (tertiary/aromatic N) is 1. The van der Waals surface area contributed by atoms with E-state index in [1.807, 2.05) is 50.2 Å². The molecule has 6 heteroatoms. The SMILES string of the molecule is Cc1ccc(OCC(=O)NCc2ccccc2NC(=O)c2cccnc2)cc1C. The Balaban J connectivity index is 1.55. The summed E-state index contributed by atoms with van der Waals surface area (Å²) in [5, 5.41) is 5.68. The smallest absolute Gasteiger partial charge is 0.258 e. The Morgan fingerprint density at radius 1 is 1.00 bits per heavy atom. The van der Waals surface area contributed by atoms with E-state index in [0.717, 1.165) is 11.1 Å². The molecule has 0 atom stereocenters. The second-order valence-corrected chi connectivity index (χ2v) is 6.66. The van der Waals surface area contributed by atoms with Gasteiger partial charge in [-0.2, -0.15) is 0 Å². The van der Waals surface area contributed by atoms with Gasteiger partial charge in [0.25, 0.3) is 11.8 Å². The summed E-state index contributed by atoms with van der Waals surface area (Å²) in [6, 6.07) is 16.4. The number of ether oxygens (including phenoxy) is 1. The second kappa shape index (κ2) is 9.50. The van der Waals surface area contributed by atoms with Crippen LogP contribution >= 0.6 is 0 Å². The minimum Gasteiger partial charge on any atom is -0.484 e. The molecule has 0 bridgehead atoms. The van der Waals surface area contributed by atoms with Gasteiger partial charge in [-0.15, -0.1) is 0 Å². The van der Waals surface area contributed by atoms with Crippen LogP contribution in [0.5, 0.6) is 5.75 Å². The van der Waals surface area contributed by atoms with Gasteiger partial charge >= 0.3 is 0 Å². The predicted molar refractivity (Wildman–Crippen MR) is 112 cm³/mol. The quantitative estimate of drug-likeness (QED) is 0.646. The number of rotatable bonds is 7. The Morgan fingerprint density at radius 3 is 2.59 bits per heavy atom. The van der Waals surface area contributed by atoms with Crippen LogP contribution in [0.2, 0.25) is 0 Å². The van der Waals surface area contributed by atoms with Crippen molar-refractivity contribution in [1.82, 2.24) is 10.3 Å². The second-order valence-electron chi connectivity index (χ2n) is 6.66. The number of aryl methyl sites for hydroxylation is 2. The Bertz CT molecular complexity index is 1000. The molecule has 0 aliphatic heterocycles. The first-order chi connectivity index (χ1) is 14.0. The molecular weight excluding hydrogens is 366 g/mol. The van der Waals surface area contributed by atoms with E-state index in [0.29, 0.717) is 17.0 Å². The first kappa shape index (κ1) is 20.1. The minimum atomic E-state index is -0.255. The third-order valence-corrected chi connectivity index (χ3v) is 4.51. The topological polar surface area (TPSA) is 80.3 Å². The Labute approximate surface area is 169 Å². The van der Waals surface area contributed by atoms with Crippen molar-refractivity contribution in [2.75, 3.05) is 11.9 Å². The average molecular weight is 389 g/mol. The van der Waals surface area contributed by atoms with Crippen molar-refractivity contribution < 1.29 is 14.3 Å². The Kier molecular flexibility index (Phi) is 6.58. The number of aromatic nitrogens is 1. The van der Waals surface area contributed by atoms with Gasteiger partial charge in [0.05, 0.1) is 5.56 Å². The number of benzene rings is 2. The highest BCUT2D eigenvalue weighted by Crippen LogP contribution is 2.17. The lowest BCUT2D eigenvalue weighted by Gasteiger charge is -2.13. The van der Waals surface area contributed by atoms with E-state index >= 15 is 0 Å². The van der Waals surface area contributed by atoms with E-state index in [-0.39, 0.29) is 25.0 Å². The highest BCUT2D eigenvalue weighted by atomic mass is 16.5. The molecule has 0 radical (unpaired) electrons. The number of pyridine rings is 1. The maximum atomic E-state index is 12.4. The number of anilines is 1. The van der Waals surface area contributed by atoms with Crippen LogP contribution in [0.3, 0.4) is 0 Å². The van der Waals surface area contributed by atoms with Gasteiger partial charge < -0.3 is 15.4 Å². The number of carbonyl (C=O) groups is 2. The van der Waals surface area contributed by atoms with Crippen molar-refractivity contribution >= 4 is 17.5 Å². The van der Waals surface area contributed by atoms with Gasteiger partial charge in [0.15, 0.2) is 6.61 Å². The average Bonchev–Trinajstić information content (AvgIpc) is 2.74. The number of amides is 2. The Morgan fingerprint density at radius 2 is 1.83 bits per heavy atom. The standard InChI is InChI=1S/C23H23N3O3/c1-16-9-10-20(12-17(16)2)29-15-22(27)25-14-18-6-3-4-8-21(18)26-23(28)19-7-5-11-24-13-19/h3-13H,14-15H2,1-2H3,(H,25,27)(H,26,28). The van der Waals surface area contributed by atoms with E-state index < -0.39 is 0 Å². The van der Waals surface area contributed by atoms with Gasteiger partial charge in [-0.05, 0) is 60.9 Å². The Hall–Kier alpha value is -3.67. The summed E-state index contributed by atoms with van der Waals surface area (Å²) in [7, 11) is 0. The molecule has 1 heterocycles. The van der Waals surface area contributed by atoms with Crippen molar-refractivity contribution in [3.8, 4) is 5.75 Å². The van der Waals surface area contributed by atoms with Crippen LogP contribution in [0, 0.1) is 13.8 Å². The third kappa shape index (κ3) is 5.65. The lowest BCUT2D eigenvalue weighted by atomic mass is 10.1.